The van der Waals surface area contributed by atoms with Gasteiger partial charge in [0.2, 0.25) is 0 Å². The molecule has 3 heteroatoms. The molecule has 0 saturated carbocycles. The van der Waals surface area contributed by atoms with Crippen molar-refractivity contribution in [1.82, 2.24) is 0 Å². The molecule has 0 aliphatic rings. The Morgan fingerprint density at radius 1 is 1.54 bits per heavy atom. The fraction of sp³-hybridized carbons (Fsp3) is 0.400. The predicted molar refractivity (Wildman–Crippen MR) is 61.1 cm³/mol. The van der Waals surface area contributed by atoms with Gasteiger partial charge in [0, 0.05) is 10.5 Å². The summed E-state index contributed by atoms with van der Waals surface area (Å²) >= 11 is 9.30. The number of benzene rings is 1. The molecule has 0 aromatic heterocycles. The Bertz CT molecular complexity index is 286. The van der Waals surface area contributed by atoms with Crippen LogP contribution in [0.2, 0.25) is 5.02 Å². The third-order valence-corrected chi connectivity index (χ3v) is 3.10. The lowest BCUT2D eigenvalue weighted by Gasteiger charge is -2.05. The molecule has 1 aromatic rings. The number of halogens is 2. The molecular formula is C10H13BrClN. The van der Waals surface area contributed by atoms with Crippen molar-refractivity contribution >= 4 is 27.5 Å². The lowest BCUT2D eigenvalue weighted by atomic mass is 10.1. The van der Waals surface area contributed by atoms with Gasteiger partial charge in [-0.2, -0.15) is 0 Å². The standard InChI is InChI=1S/C10H13BrClN/c1-7(13)2-3-8-4-5-9(11)10(12)6-8/h4-7H,2-3,13H2,1H3/t7-/m1/s1. The molecule has 0 fully saturated rings. The summed E-state index contributed by atoms with van der Waals surface area (Å²) < 4.78 is 0.943. The van der Waals surface area contributed by atoms with Gasteiger partial charge < -0.3 is 5.73 Å². The van der Waals surface area contributed by atoms with E-state index in [1.807, 2.05) is 19.1 Å². The third-order valence-electron chi connectivity index (χ3n) is 1.87. The molecule has 0 radical (unpaired) electrons. The summed E-state index contributed by atoms with van der Waals surface area (Å²) in [7, 11) is 0. The molecule has 0 aliphatic carbocycles. The molecule has 1 atom stereocenters. The Morgan fingerprint density at radius 3 is 2.77 bits per heavy atom. The summed E-state index contributed by atoms with van der Waals surface area (Å²) in [5.41, 5.74) is 6.91. The van der Waals surface area contributed by atoms with E-state index in [9.17, 15) is 0 Å². The van der Waals surface area contributed by atoms with E-state index in [1.54, 1.807) is 0 Å². The second kappa shape index (κ2) is 4.99. The number of aryl methyl sites for hydroxylation is 1. The van der Waals surface area contributed by atoms with Crippen LogP contribution in [0.4, 0.5) is 0 Å². The van der Waals surface area contributed by atoms with Crippen LogP contribution < -0.4 is 5.73 Å². The molecule has 0 unspecified atom stereocenters. The van der Waals surface area contributed by atoms with E-state index < -0.39 is 0 Å². The largest absolute Gasteiger partial charge is 0.328 e. The fourth-order valence-corrected chi connectivity index (χ4v) is 1.54. The summed E-state index contributed by atoms with van der Waals surface area (Å²) in [6.07, 6.45) is 1.99. The van der Waals surface area contributed by atoms with E-state index in [2.05, 4.69) is 22.0 Å². The average molecular weight is 263 g/mol. The zero-order valence-corrected chi connectivity index (χ0v) is 9.90. The van der Waals surface area contributed by atoms with Gasteiger partial charge in [-0.15, -0.1) is 0 Å². The molecule has 72 valence electrons. The van der Waals surface area contributed by atoms with Crippen LogP contribution in [0, 0.1) is 0 Å². The van der Waals surface area contributed by atoms with Crippen molar-refractivity contribution in [3.63, 3.8) is 0 Å². The Hall–Kier alpha value is -0.0500. The van der Waals surface area contributed by atoms with Crippen LogP contribution in [0.25, 0.3) is 0 Å². The highest BCUT2D eigenvalue weighted by molar-refractivity contribution is 9.10. The molecule has 0 spiro atoms. The van der Waals surface area contributed by atoms with Crippen LogP contribution in [0.3, 0.4) is 0 Å². The van der Waals surface area contributed by atoms with Crippen molar-refractivity contribution in [2.75, 3.05) is 0 Å². The molecule has 0 saturated heterocycles. The van der Waals surface area contributed by atoms with Gasteiger partial charge in [-0.25, -0.2) is 0 Å². The highest BCUT2D eigenvalue weighted by Crippen LogP contribution is 2.23. The summed E-state index contributed by atoms with van der Waals surface area (Å²) in [6, 6.07) is 6.27. The maximum Gasteiger partial charge on any atom is 0.0550 e. The van der Waals surface area contributed by atoms with Crippen molar-refractivity contribution in [2.45, 2.75) is 25.8 Å². The molecule has 0 heterocycles. The molecule has 1 nitrogen and oxygen atoms in total. The van der Waals surface area contributed by atoms with Crippen molar-refractivity contribution in [3.8, 4) is 0 Å². The van der Waals surface area contributed by atoms with Crippen molar-refractivity contribution in [3.05, 3.63) is 33.3 Å². The van der Waals surface area contributed by atoms with E-state index in [-0.39, 0.29) is 6.04 Å². The first-order valence-corrected chi connectivity index (χ1v) is 5.46. The average Bonchev–Trinajstić information content (AvgIpc) is 2.07. The van der Waals surface area contributed by atoms with Crippen LogP contribution in [0.5, 0.6) is 0 Å². The maximum absolute atomic E-state index is 5.95. The van der Waals surface area contributed by atoms with Crippen LogP contribution >= 0.6 is 27.5 Å². The minimum Gasteiger partial charge on any atom is -0.328 e. The first kappa shape index (κ1) is 11.0. The molecule has 0 aliphatic heterocycles. The van der Waals surface area contributed by atoms with Crippen LogP contribution in [0.1, 0.15) is 18.9 Å². The van der Waals surface area contributed by atoms with Gasteiger partial charge >= 0.3 is 0 Å². The summed E-state index contributed by atoms with van der Waals surface area (Å²) in [5.74, 6) is 0. The van der Waals surface area contributed by atoms with Gasteiger partial charge in [0.05, 0.1) is 5.02 Å². The first-order valence-electron chi connectivity index (χ1n) is 4.29. The van der Waals surface area contributed by atoms with Gasteiger partial charge in [-0.05, 0) is 53.4 Å². The Balaban J connectivity index is 2.63. The van der Waals surface area contributed by atoms with Crippen molar-refractivity contribution < 1.29 is 0 Å². The predicted octanol–water partition coefficient (Wildman–Crippen LogP) is 3.38. The van der Waals surface area contributed by atoms with E-state index >= 15 is 0 Å². The quantitative estimate of drug-likeness (QED) is 0.888. The van der Waals surface area contributed by atoms with Crippen LogP contribution in [0.15, 0.2) is 22.7 Å². The van der Waals surface area contributed by atoms with E-state index in [1.165, 1.54) is 5.56 Å². The fourth-order valence-electron chi connectivity index (χ4n) is 1.09. The monoisotopic (exact) mass is 261 g/mol. The molecule has 2 N–H and O–H groups in total. The van der Waals surface area contributed by atoms with E-state index in [0.29, 0.717) is 0 Å². The van der Waals surface area contributed by atoms with Gasteiger partial charge in [-0.3, -0.25) is 0 Å². The molecule has 13 heavy (non-hydrogen) atoms. The zero-order valence-electron chi connectivity index (χ0n) is 7.56. The SMILES string of the molecule is C[C@@H](N)CCc1ccc(Br)c(Cl)c1. The second-order valence-electron chi connectivity index (χ2n) is 3.26. The molecule has 1 aromatic carbocycles. The summed E-state index contributed by atoms with van der Waals surface area (Å²) in [6.45, 7) is 2.01. The van der Waals surface area contributed by atoms with Gasteiger partial charge in [0.15, 0.2) is 0 Å². The zero-order chi connectivity index (χ0) is 9.84. The number of rotatable bonds is 3. The highest BCUT2D eigenvalue weighted by atomic mass is 79.9. The van der Waals surface area contributed by atoms with Crippen LogP contribution in [-0.4, -0.2) is 6.04 Å². The molecule has 1 rings (SSSR count). The summed E-state index contributed by atoms with van der Waals surface area (Å²) in [5, 5.41) is 0.766. The Labute approximate surface area is 92.4 Å². The number of nitrogens with two attached hydrogens (primary N) is 1. The molecule has 0 bridgehead atoms. The highest BCUT2D eigenvalue weighted by Gasteiger charge is 2.00. The minimum atomic E-state index is 0.252. The summed E-state index contributed by atoms with van der Waals surface area (Å²) in [4.78, 5) is 0. The van der Waals surface area contributed by atoms with Crippen molar-refractivity contribution in [2.24, 2.45) is 5.73 Å². The number of hydrogen-bond acceptors (Lipinski definition) is 1. The molecular weight excluding hydrogens is 249 g/mol. The lowest BCUT2D eigenvalue weighted by molar-refractivity contribution is 0.666. The van der Waals surface area contributed by atoms with Gasteiger partial charge in [0.1, 0.15) is 0 Å². The Morgan fingerprint density at radius 2 is 2.23 bits per heavy atom. The first-order chi connectivity index (χ1) is 6.09. The topological polar surface area (TPSA) is 26.0 Å². The van der Waals surface area contributed by atoms with Crippen LogP contribution in [-0.2, 0) is 6.42 Å². The Kier molecular flexibility index (Phi) is 4.23. The number of hydrogen-bond donors (Lipinski definition) is 1. The van der Waals surface area contributed by atoms with Gasteiger partial charge in [0.25, 0.3) is 0 Å². The van der Waals surface area contributed by atoms with Crippen molar-refractivity contribution in [1.29, 1.82) is 0 Å². The minimum absolute atomic E-state index is 0.252. The second-order valence-corrected chi connectivity index (χ2v) is 4.53. The van der Waals surface area contributed by atoms with Gasteiger partial charge in [-0.1, -0.05) is 17.7 Å². The lowest BCUT2D eigenvalue weighted by Crippen LogP contribution is -2.15. The smallest absolute Gasteiger partial charge is 0.0550 e. The maximum atomic E-state index is 5.95. The normalized spacial score (nSPS) is 12.9. The van der Waals surface area contributed by atoms with E-state index in [0.717, 1.165) is 22.3 Å². The molecule has 0 amide bonds. The van der Waals surface area contributed by atoms with E-state index in [4.69, 9.17) is 17.3 Å². The third kappa shape index (κ3) is 3.67.